The predicted octanol–water partition coefficient (Wildman–Crippen LogP) is 2.69. The van der Waals surface area contributed by atoms with Gasteiger partial charge in [-0.1, -0.05) is 6.92 Å². The van der Waals surface area contributed by atoms with Gasteiger partial charge in [0, 0.05) is 13.6 Å². The number of nitrogens with zero attached hydrogens (tertiary/aromatic N) is 1. The Morgan fingerprint density at radius 2 is 2.00 bits per heavy atom. The smallest absolute Gasteiger partial charge is 0.416 e. The summed E-state index contributed by atoms with van der Waals surface area (Å²) in [6.45, 7) is 2.09. The van der Waals surface area contributed by atoms with Gasteiger partial charge in [-0.3, -0.25) is 4.79 Å². The van der Waals surface area contributed by atoms with Crippen molar-refractivity contribution in [3.8, 4) is 0 Å². The summed E-state index contributed by atoms with van der Waals surface area (Å²) in [5, 5.41) is 8.97. The quantitative estimate of drug-likeness (QED) is 0.684. The number of sulfonamides is 1. The number of aliphatic carboxylic acids is 1. The summed E-state index contributed by atoms with van der Waals surface area (Å²) >= 11 is 0. The molecule has 6 nitrogen and oxygen atoms in total. The Hall–Kier alpha value is -1.65. The summed E-state index contributed by atoms with van der Waals surface area (Å²) in [6, 6.07) is 2.53. The zero-order valence-electron chi connectivity index (χ0n) is 14.3. The van der Waals surface area contributed by atoms with Gasteiger partial charge in [-0.2, -0.15) is 17.5 Å². The van der Waals surface area contributed by atoms with Gasteiger partial charge in [0.2, 0.25) is 10.0 Å². The van der Waals surface area contributed by atoms with Gasteiger partial charge in [0.25, 0.3) is 0 Å². The fraction of sp³-hybridized carbons (Fsp3) is 0.562. The second-order valence-corrected chi connectivity index (χ2v) is 8.28. The molecule has 1 aliphatic heterocycles. The molecule has 2 atom stereocenters. The van der Waals surface area contributed by atoms with Crippen LogP contribution in [0.3, 0.4) is 0 Å². The predicted molar refractivity (Wildman–Crippen MR) is 86.3 cm³/mol. The van der Waals surface area contributed by atoms with Crippen LogP contribution in [0.15, 0.2) is 23.1 Å². The first-order valence-corrected chi connectivity index (χ1v) is 9.41. The lowest BCUT2D eigenvalue weighted by Gasteiger charge is -2.20. The molecule has 1 N–H and O–H groups in total. The van der Waals surface area contributed by atoms with E-state index in [2.05, 4.69) is 0 Å². The van der Waals surface area contributed by atoms with Gasteiger partial charge in [-0.25, -0.2) is 8.42 Å². The number of halogens is 3. The summed E-state index contributed by atoms with van der Waals surface area (Å²) in [5.74, 6) is -1.89. The molecule has 0 radical (unpaired) electrons. The van der Waals surface area contributed by atoms with E-state index in [1.807, 2.05) is 0 Å². The van der Waals surface area contributed by atoms with Gasteiger partial charge < -0.3 is 9.84 Å². The van der Waals surface area contributed by atoms with Crippen molar-refractivity contribution in [1.29, 1.82) is 0 Å². The van der Waals surface area contributed by atoms with Gasteiger partial charge in [0.1, 0.15) is 0 Å². The molecule has 0 amide bonds. The first-order chi connectivity index (χ1) is 11.9. The number of ether oxygens (including phenoxy) is 1. The first kappa shape index (κ1) is 20.7. The molecule has 146 valence electrons. The lowest BCUT2D eigenvalue weighted by Crippen LogP contribution is -2.31. The van der Waals surface area contributed by atoms with E-state index in [-0.39, 0.29) is 31.1 Å². The maximum absolute atomic E-state index is 13.2. The zero-order valence-corrected chi connectivity index (χ0v) is 15.1. The fourth-order valence-electron chi connectivity index (χ4n) is 2.62. The monoisotopic (exact) mass is 395 g/mol. The Labute approximate surface area is 149 Å². The van der Waals surface area contributed by atoms with E-state index in [0.717, 1.165) is 16.4 Å². The molecule has 1 aliphatic rings. The standard InChI is InChI=1S/C16H20F3NO5S/c1-3-10(6-15(21)22)11-4-12(16(17,18)19)7-14(5-11)26(23,24)20(2)8-13-9-25-13/h4-5,7,10,13H,3,6,8-9H2,1-2H3,(H,21,22)/t10-,13?/m0/s1. The van der Waals surface area contributed by atoms with E-state index in [1.165, 1.54) is 7.05 Å². The van der Waals surface area contributed by atoms with E-state index in [9.17, 15) is 26.4 Å². The van der Waals surface area contributed by atoms with Gasteiger partial charge in [0.15, 0.2) is 0 Å². The lowest BCUT2D eigenvalue weighted by atomic mass is 9.92. The summed E-state index contributed by atoms with van der Waals surface area (Å²) in [4.78, 5) is 10.5. The molecule has 1 unspecified atom stereocenters. The molecule has 1 aromatic rings. The van der Waals surface area contributed by atoms with Crippen LogP contribution in [0.5, 0.6) is 0 Å². The third-order valence-electron chi connectivity index (χ3n) is 4.21. The molecule has 1 aromatic carbocycles. The number of rotatable bonds is 8. The molecule has 2 rings (SSSR count). The number of likely N-dealkylation sites (N-methyl/N-ethyl adjacent to an activating group) is 1. The number of carboxylic acids is 1. The number of epoxide rings is 1. The highest BCUT2D eigenvalue weighted by molar-refractivity contribution is 7.89. The van der Waals surface area contributed by atoms with Crippen LogP contribution in [0.1, 0.15) is 36.8 Å². The molecule has 1 heterocycles. The van der Waals surface area contributed by atoms with Crippen LogP contribution in [0.4, 0.5) is 13.2 Å². The van der Waals surface area contributed by atoms with Crippen LogP contribution >= 0.6 is 0 Å². The number of carboxylic acid groups (broad SMARTS) is 1. The minimum atomic E-state index is -4.75. The Bertz CT molecular complexity index is 775. The number of carbonyl (C=O) groups is 1. The van der Waals surface area contributed by atoms with E-state index in [1.54, 1.807) is 6.92 Å². The maximum Gasteiger partial charge on any atom is 0.416 e. The van der Waals surface area contributed by atoms with Crippen LogP contribution in [-0.2, 0) is 25.7 Å². The molecule has 0 aliphatic carbocycles. The lowest BCUT2D eigenvalue weighted by molar-refractivity contribution is -0.138. The van der Waals surface area contributed by atoms with Crippen LogP contribution in [0.25, 0.3) is 0 Å². The Kier molecular flexibility index (Phi) is 5.99. The molecule has 0 bridgehead atoms. The Morgan fingerprint density at radius 1 is 1.38 bits per heavy atom. The maximum atomic E-state index is 13.2. The van der Waals surface area contributed by atoms with Crippen molar-refractivity contribution in [3.05, 3.63) is 29.3 Å². The Morgan fingerprint density at radius 3 is 2.46 bits per heavy atom. The minimum absolute atomic E-state index is 0.0411. The van der Waals surface area contributed by atoms with Crippen molar-refractivity contribution < 1.29 is 36.2 Å². The van der Waals surface area contributed by atoms with Crippen molar-refractivity contribution in [3.63, 3.8) is 0 Å². The number of benzene rings is 1. The largest absolute Gasteiger partial charge is 0.481 e. The summed E-state index contributed by atoms with van der Waals surface area (Å²) in [6.07, 6.45) is -5.13. The van der Waals surface area contributed by atoms with Crippen molar-refractivity contribution in [1.82, 2.24) is 4.31 Å². The summed E-state index contributed by atoms with van der Waals surface area (Å²) in [5.41, 5.74) is -1.08. The van der Waals surface area contributed by atoms with Crippen molar-refractivity contribution in [2.45, 2.75) is 42.9 Å². The van der Waals surface area contributed by atoms with Crippen LogP contribution in [-0.4, -0.2) is 50.1 Å². The van der Waals surface area contributed by atoms with Gasteiger partial charge >= 0.3 is 12.1 Å². The van der Waals surface area contributed by atoms with E-state index in [0.29, 0.717) is 12.7 Å². The topological polar surface area (TPSA) is 87.2 Å². The average molecular weight is 395 g/mol. The fourth-order valence-corrected chi connectivity index (χ4v) is 3.90. The molecular weight excluding hydrogens is 375 g/mol. The molecule has 1 saturated heterocycles. The van der Waals surface area contributed by atoms with Gasteiger partial charge in [-0.05, 0) is 36.1 Å². The normalized spacial score (nSPS) is 18.8. The molecule has 1 fully saturated rings. The third kappa shape index (κ3) is 4.95. The Balaban J connectivity index is 2.50. The molecule has 10 heteroatoms. The molecule has 0 aromatic heterocycles. The number of hydrogen-bond acceptors (Lipinski definition) is 4. The van der Waals surface area contributed by atoms with Crippen molar-refractivity contribution >= 4 is 16.0 Å². The van der Waals surface area contributed by atoms with Crippen molar-refractivity contribution in [2.24, 2.45) is 0 Å². The first-order valence-electron chi connectivity index (χ1n) is 7.97. The average Bonchev–Trinajstić information content (AvgIpc) is 3.35. The van der Waals surface area contributed by atoms with Crippen LogP contribution in [0, 0.1) is 0 Å². The second-order valence-electron chi connectivity index (χ2n) is 6.23. The highest BCUT2D eigenvalue weighted by atomic mass is 32.2. The van der Waals surface area contributed by atoms with E-state index >= 15 is 0 Å². The molecular formula is C16H20F3NO5S. The minimum Gasteiger partial charge on any atom is -0.481 e. The SMILES string of the molecule is CC[C@@H](CC(=O)O)c1cc(C(F)(F)F)cc(S(=O)(=O)N(C)CC2CO2)c1. The van der Waals surface area contributed by atoms with Gasteiger partial charge in [0.05, 0.1) is 29.6 Å². The van der Waals surface area contributed by atoms with Crippen LogP contribution in [0.2, 0.25) is 0 Å². The van der Waals surface area contributed by atoms with Crippen molar-refractivity contribution in [2.75, 3.05) is 20.2 Å². The van der Waals surface area contributed by atoms with E-state index in [4.69, 9.17) is 9.84 Å². The second kappa shape index (κ2) is 7.53. The molecule has 0 spiro atoms. The summed E-state index contributed by atoms with van der Waals surface area (Å²) < 4.78 is 70.9. The highest BCUT2D eigenvalue weighted by Gasteiger charge is 2.35. The zero-order chi connectivity index (χ0) is 19.7. The molecule has 26 heavy (non-hydrogen) atoms. The van der Waals surface area contributed by atoms with E-state index < -0.39 is 38.5 Å². The highest BCUT2D eigenvalue weighted by Crippen LogP contribution is 2.35. The number of hydrogen-bond donors (Lipinski definition) is 1. The summed E-state index contributed by atoms with van der Waals surface area (Å²) in [7, 11) is -2.89. The molecule has 0 saturated carbocycles. The number of alkyl halides is 3. The van der Waals surface area contributed by atoms with Crippen LogP contribution < -0.4 is 0 Å². The third-order valence-corrected chi connectivity index (χ3v) is 6.01. The van der Waals surface area contributed by atoms with Gasteiger partial charge in [-0.15, -0.1) is 0 Å².